The maximum absolute atomic E-state index is 12.7. The highest BCUT2D eigenvalue weighted by Crippen LogP contribution is 2.23. The topological polar surface area (TPSA) is 42.3 Å². The van der Waals surface area contributed by atoms with Crippen LogP contribution in [0, 0.1) is 0 Å². The average Bonchev–Trinajstić information content (AvgIpc) is 2.93. The SMILES string of the molecule is CCC1CCCCN1C(=O)Cn1cc(C=O)c2ccccc21. The van der Waals surface area contributed by atoms with Crippen molar-refractivity contribution in [2.45, 2.75) is 45.2 Å². The largest absolute Gasteiger partial charge is 0.338 e. The Bertz CT molecular complexity index is 689. The van der Waals surface area contributed by atoms with Gasteiger partial charge in [0.25, 0.3) is 0 Å². The number of piperidine rings is 1. The fraction of sp³-hybridized carbons (Fsp3) is 0.444. The molecule has 116 valence electrons. The molecule has 1 saturated heterocycles. The van der Waals surface area contributed by atoms with E-state index in [2.05, 4.69) is 6.92 Å². The van der Waals surface area contributed by atoms with E-state index >= 15 is 0 Å². The number of hydrogen-bond acceptors (Lipinski definition) is 2. The molecule has 1 unspecified atom stereocenters. The third kappa shape index (κ3) is 2.65. The maximum atomic E-state index is 12.7. The fourth-order valence-corrected chi connectivity index (χ4v) is 3.49. The third-order valence-electron chi connectivity index (χ3n) is 4.67. The first-order valence-corrected chi connectivity index (χ1v) is 8.07. The molecule has 22 heavy (non-hydrogen) atoms. The van der Waals surface area contributed by atoms with Crippen molar-refractivity contribution in [1.82, 2.24) is 9.47 Å². The van der Waals surface area contributed by atoms with Crippen LogP contribution in [0.3, 0.4) is 0 Å². The number of rotatable bonds is 4. The summed E-state index contributed by atoms with van der Waals surface area (Å²) in [6.45, 7) is 3.31. The van der Waals surface area contributed by atoms with E-state index in [1.54, 1.807) is 6.20 Å². The first-order valence-electron chi connectivity index (χ1n) is 8.07. The summed E-state index contributed by atoms with van der Waals surface area (Å²) in [6, 6.07) is 8.11. The third-order valence-corrected chi connectivity index (χ3v) is 4.67. The molecule has 2 heterocycles. The highest BCUT2D eigenvalue weighted by Gasteiger charge is 2.25. The summed E-state index contributed by atoms with van der Waals surface area (Å²) in [7, 11) is 0. The zero-order chi connectivity index (χ0) is 15.5. The molecular weight excluding hydrogens is 276 g/mol. The van der Waals surface area contributed by atoms with Gasteiger partial charge in [0.2, 0.25) is 5.91 Å². The smallest absolute Gasteiger partial charge is 0.242 e. The number of benzene rings is 1. The Morgan fingerprint density at radius 2 is 2.14 bits per heavy atom. The molecule has 0 saturated carbocycles. The number of hydrogen-bond donors (Lipinski definition) is 0. The second-order valence-corrected chi connectivity index (χ2v) is 5.99. The fourth-order valence-electron chi connectivity index (χ4n) is 3.49. The van der Waals surface area contributed by atoms with Crippen LogP contribution >= 0.6 is 0 Å². The summed E-state index contributed by atoms with van der Waals surface area (Å²) in [6.07, 6.45) is 7.07. The van der Waals surface area contributed by atoms with Gasteiger partial charge < -0.3 is 9.47 Å². The molecule has 1 amide bonds. The van der Waals surface area contributed by atoms with Crippen molar-refractivity contribution in [3.63, 3.8) is 0 Å². The van der Waals surface area contributed by atoms with Crippen LogP contribution < -0.4 is 0 Å². The Morgan fingerprint density at radius 1 is 1.32 bits per heavy atom. The van der Waals surface area contributed by atoms with Gasteiger partial charge in [0.1, 0.15) is 6.54 Å². The molecule has 1 fully saturated rings. The van der Waals surface area contributed by atoms with Gasteiger partial charge in [-0.2, -0.15) is 0 Å². The van der Waals surface area contributed by atoms with E-state index in [0.29, 0.717) is 18.2 Å². The van der Waals surface area contributed by atoms with Gasteiger partial charge in [-0.25, -0.2) is 0 Å². The number of likely N-dealkylation sites (tertiary alicyclic amines) is 1. The lowest BCUT2D eigenvalue weighted by molar-refractivity contribution is -0.135. The van der Waals surface area contributed by atoms with Gasteiger partial charge in [-0.3, -0.25) is 9.59 Å². The van der Waals surface area contributed by atoms with Crippen LogP contribution in [0.2, 0.25) is 0 Å². The molecule has 0 radical (unpaired) electrons. The van der Waals surface area contributed by atoms with Crippen LogP contribution in [-0.4, -0.2) is 34.2 Å². The Hall–Kier alpha value is -2.10. The van der Waals surface area contributed by atoms with Gasteiger partial charge in [-0.05, 0) is 31.7 Å². The Morgan fingerprint density at radius 3 is 2.91 bits per heavy atom. The van der Waals surface area contributed by atoms with Crippen molar-refractivity contribution in [2.24, 2.45) is 0 Å². The number of amides is 1. The van der Waals surface area contributed by atoms with Crippen LogP contribution in [0.1, 0.15) is 43.0 Å². The maximum Gasteiger partial charge on any atom is 0.242 e. The van der Waals surface area contributed by atoms with E-state index in [0.717, 1.165) is 43.0 Å². The minimum Gasteiger partial charge on any atom is -0.338 e. The normalized spacial score (nSPS) is 18.6. The molecule has 3 rings (SSSR count). The van der Waals surface area contributed by atoms with Crippen molar-refractivity contribution in [3.05, 3.63) is 36.0 Å². The minimum absolute atomic E-state index is 0.157. The molecular formula is C18H22N2O2. The first-order chi connectivity index (χ1) is 10.7. The van der Waals surface area contributed by atoms with E-state index in [1.165, 1.54) is 6.42 Å². The highest BCUT2D eigenvalue weighted by molar-refractivity contribution is 5.98. The highest BCUT2D eigenvalue weighted by atomic mass is 16.2. The molecule has 0 aliphatic carbocycles. The zero-order valence-electron chi connectivity index (χ0n) is 13.0. The standard InChI is InChI=1S/C18H22N2O2/c1-2-15-7-5-6-10-20(15)18(22)12-19-11-14(13-21)16-8-3-4-9-17(16)19/h3-4,8-9,11,13,15H,2,5-7,10,12H2,1H3. The Kier molecular flexibility index (Phi) is 4.27. The van der Waals surface area contributed by atoms with Crippen molar-refractivity contribution >= 4 is 23.1 Å². The molecule has 4 nitrogen and oxygen atoms in total. The molecule has 1 aromatic heterocycles. The van der Waals surface area contributed by atoms with Gasteiger partial charge in [0.15, 0.2) is 6.29 Å². The second-order valence-electron chi connectivity index (χ2n) is 5.99. The molecule has 4 heteroatoms. The van der Waals surface area contributed by atoms with Crippen molar-refractivity contribution in [2.75, 3.05) is 6.54 Å². The van der Waals surface area contributed by atoms with Crippen LogP contribution in [0.15, 0.2) is 30.5 Å². The van der Waals surface area contributed by atoms with Crippen LogP contribution in [0.25, 0.3) is 10.9 Å². The summed E-state index contributed by atoms with van der Waals surface area (Å²) in [5, 5.41) is 0.913. The summed E-state index contributed by atoms with van der Waals surface area (Å²) in [5.41, 5.74) is 1.59. The Balaban J connectivity index is 1.86. The van der Waals surface area contributed by atoms with Crippen LogP contribution in [0.4, 0.5) is 0 Å². The lowest BCUT2D eigenvalue weighted by Crippen LogP contribution is -2.44. The number of para-hydroxylation sites is 1. The molecule has 0 bridgehead atoms. The van der Waals surface area contributed by atoms with Crippen molar-refractivity contribution in [1.29, 1.82) is 0 Å². The van der Waals surface area contributed by atoms with E-state index in [1.807, 2.05) is 33.7 Å². The predicted octanol–water partition coefficient (Wildman–Crippen LogP) is 3.24. The van der Waals surface area contributed by atoms with Gasteiger partial charge in [-0.15, -0.1) is 0 Å². The molecule has 1 aromatic carbocycles. The van der Waals surface area contributed by atoms with E-state index < -0.39 is 0 Å². The van der Waals surface area contributed by atoms with Gasteiger partial charge >= 0.3 is 0 Å². The predicted molar refractivity (Wildman–Crippen MR) is 87.0 cm³/mol. The lowest BCUT2D eigenvalue weighted by atomic mass is 10.00. The summed E-state index contributed by atoms with van der Waals surface area (Å²) in [5.74, 6) is 0.157. The number of aromatic nitrogens is 1. The van der Waals surface area contributed by atoms with E-state index in [9.17, 15) is 9.59 Å². The van der Waals surface area contributed by atoms with Crippen LogP contribution in [-0.2, 0) is 11.3 Å². The van der Waals surface area contributed by atoms with Crippen molar-refractivity contribution < 1.29 is 9.59 Å². The zero-order valence-corrected chi connectivity index (χ0v) is 13.0. The van der Waals surface area contributed by atoms with E-state index in [4.69, 9.17) is 0 Å². The van der Waals surface area contributed by atoms with Gasteiger partial charge in [0.05, 0.1) is 0 Å². The van der Waals surface area contributed by atoms with Crippen molar-refractivity contribution in [3.8, 4) is 0 Å². The van der Waals surface area contributed by atoms with E-state index in [-0.39, 0.29) is 5.91 Å². The monoisotopic (exact) mass is 298 g/mol. The average molecular weight is 298 g/mol. The van der Waals surface area contributed by atoms with Gasteiger partial charge in [-0.1, -0.05) is 25.1 Å². The number of carbonyl (C=O) groups is 2. The molecule has 0 spiro atoms. The van der Waals surface area contributed by atoms with Gasteiger partial charge in [0, 0.05) is 35.2 Å². The summed E-state index contributed by atoms with van der Waals surface area (Å²) < 4.78 is 1.91. The first kappa shape index (κ1) is 14.8. The lowest BCUT2D eigenvalue weighted by Gasteiger charge is -2.35. The number of carbonyl (C=O) groups excluding carboxylic acids is 2. The molecule has 0 N–H and O–H groups in total. The second kappa shape index (κ2) is 6.34. The molecule has 2 aromatic rings. The minimum atomic E-state index is 0.157. The number of aldehydes is 1. The Labute approximate surface area is 130 Å². The number of fused-ring (bicyclic) bond motifs is 1. The summed E-state index contributed by atoms with van der Waals surface area (Å²) in [4.78, 5) is 25.9. The molecule has 1 atom stereocenters. The summed E-state index contributed by atoms with van der Waals surface area (Å²) >= 11 is 0. The van der Waals surface area contributed by atoms with Crippen LogP contribution in [0.5, 0.6) is 0 Å². The molecule has 1 aliphatic rings. The number of nitrogens with zero attached hydrogens (tertiary/aromatic N) is 2. The molecule has 1 aliphatic heterocycles. The quantitative estimate of drug-likeness (QED) is 0.813.